The van der Waals surface area contributed by atoms with Gasteiger partial charge < -0.3 is 10.0 Å². The van der Waals surface area contributed by atoms with Gasteiger partial charge in [-0.2, -0.15) is 13.2 Å². The number of nitrogens with zero attached hydrogens (tertiary/aromatic N) is 2. The van der Waals surface area contributed by atoms with Crippen LogP contribution in [0.25, 0.3) is 0 Å². The van der Waals surface area contributed by atoms with E-state index >= 15 is 0 Å². The predicted molar refractivity (Wildman–Crippen MR) is 64.9 cm³/mol. The number of rotatable bonds is 3. The van der Waals surface area contributed by atoms with Crippen molar-refractivity contribution in [3.63, 3.8) is 0 Å². The van der Waals surface area contributed by atoms with Crippen molar-refractivity contribution < 1.29 is 23.1 Å². The molecule has 0 bridgehead atoms. The van der Waals surface area contributed by atoms with Gasteiger partial charge in [0, 0.05) is 19.8 Å². The summed E-state index contributed by atoms with van der Waals surface area (Å²) in [5, 5.41) is 9.17. The molecule has 0 aliphatic heterocycles. The number of carbonyl (C=O) groups excluding carboxylic acids is 1. The Hall–Kier alpha value is -1.63. The van der Waals surface area contributed by atoms with Gasteiger partial charge in [0.2, 0.25) is 0 Å². The molecule has 0 radical (unpaired) electrons. The Balaban J connectivity index is 1.98. The molecule has 20 heavy (non-hydrogen) atoms. The summed E-state index contributed by atoms with van der Waals surface area (Å²) in [7, 11) is 1.59. The zero-order chi connectivity index (χ0) is 14.9. The fraction of sp³-hybridized carbons (Fsp3) is 0.538. The zero-order valence-electron chi connectivity index (χ0n) is 10.9. The molecule has 1 aromatic rings. The topological polar surface area (TPSA) is 53.4 Å². The summed E-state index contributed by atoms with van der Waals surface area (Å²) in [6.45, 7) is 0.483. The summed E-state index contributed by atoms with van der Waals surface area (Å²) >= 11 is 0. The van der Waals surface area contributed by atoms with Crippen LogP contribution in [0.3, 0.4) is 0 Å². The molecule has 1 N–H and O–H groups in total. The van der Waals surface area contributed by atoms with Crippen LogP contribution in [-0.2, 0) is 6.18 Å². The van der Waals surface area contributed by atoms with Gasteiger partial charge in [-0.25, -0.2) is 0 Å². The molecular weight excluding hydrogens is 273 g/mol. The lowest BCUT2D eigenvalue weighted by molar-refractivity contribution is -0.141. The second-order valence-corrected chi connectivity index (χ2v) is 5.11. The number of aromatic nitrogens is 1. The van der Waals surface area contributed by atoms with Crippen LogP contribution in [0, 0.1) is 5.92 Å². The van der Waals surface area contributed by atoms with Crippen LogP contribution in [0.1, 0.15) is 28.9 Å². The molecule has 110 valence electrons. The number of hydrogen-bond acceptors (Lipinski definition) is 3. The quantitative estimate of drug-likeness (QED) is 0.925. The largest absolute Gasteiger partial charge is 0.433 e. The molecule has 7 heteroatoms. The Labute approximate surface area is 114 Å². The summed E-state index contributed by atoms with van der Waals surface area (Å²) in [5.41, 5.74) is -0.890. The molecule has 1 amide bonds. The minimum atomic E-state index is -4.50. The van der Waals surface area contributed by atoms with Gasteiger partial charge >= 0.3 is 6.18 Å². The van der Waals surface area contributed by atoms with E-state index in [9.17, 15) is 23.1 Å². The highest BCUT2D eigenvalue weighted by Crippen LogP contribution is 2.29. The van der Waals surface area contributed by atoms with Crippen molar-refractivity contribution in [3.8, 4) is 0 Å². The first kappa shape index (κ1) is 14.8. The molecule has 4 nitrogen and oxygen atoms in total. The van der Waals surface area contributed by atoms with Crippen LogP contribution >= 0.6 is 0 Å². The molecule has 1 aliphatic rings. The lowest BCUT2D eigenvalue weighted by Gasteiger charge is -2.34. The Morgan fingerprint density at radius 2 is 2.10 bits per heavy atom. The summed E-state index contributed by atoms with van der Waals surface area (Å²) in [6, 6.07) is 1.93. The third-order valence-corrected chi connectivity index (χ3v) is 3.39. The SMILES string of the molecule is CN(CC1CC(O)C1)C(=O)c1ccc(C(F)(F)F)nc1. The van der Waals surface area contributed by atoms with Crippen LogP contribution in [0.15, 0.2) is 18.3 Å². The average Bonchev–Trinajstić information content (AvgIpc) is 2.35. The van der Waals surface area contributed by atoms with Gasteiger partial charge in [0.05, 0.1) is 11.7 Å². The monoisotopic (exact) mass is 288 g/mol. The standard InChI is InChI=1S/C13H15F3N2O2/c1-18(7-8-4-10(19)5-8)12(20)9-2-3-11(17-6-9)13(14,15)16/h2-3,6,8,10,19H,4-5,7H2,1H3. The molecule has 0 atom stereocenters. The molecular formula is C13H15F3N2O2. The van der Waals surface area contributed by atoms with E-state index in [-0.39, 0.29) is 23.5 Å². The van der Waals surface area contributed by atoms with Crippen LogP contribution in [0.5, 0.6) is 0 Å². The molecule has 1 aromatic heterocycles. The first-order valence-corrected chi connectivity index (χ1v) is 6.24. The summed E-state index contributed by atoms with van der Waals surface area (Å²) in [4.78, 5) is 16.7. The summed E-state index contributed by atoms with van der Waals surface area (Å²) in [6.07, 6.45) is -2.55. The fourth-order valence-electron chi connectivity index (χ4n) is 2.23. The number of hydrogen-bond donors (Lipinski definition) is 1. The lowest BCUT2D eigenvalue weighted by Crippen LogP contribution is -2.39. The number of alkyl halides is 3. The molecule has 0 unspecified atom stereocenters. The molecule has 1 saturated carbocycles. The van der Waals surface area contributed by atoms with Crippen LogP contribution in [0.2, 0.25) is 0 Å². The lowest BCUT2D eigenvalue weighted by atomic mass is 9.82. The van der Waals surface area contributed by atoms with E-state index in [4.69, 9.17) is 0 Å². The highest BCUT2D eigenvalue weighted by atomic mass is 19.4. The number of carbonyl (C=O) groups is 1. The van der Waals surface area contributed by atoms with E-state index in [2.05, 4.69) is 4.98 Å². The Kier molecular flexibility index (Phi) is 3.99. The van der Waals surface area contributed by atoms with E-state index in [1.165, 1.54) is 4.90 Å². The second-order valence-electron chi connectivity index (χ2n) is 5.11. The molecule has 0 spiro atoms. The maximum Gasteiger partial charge on any atom is 0.433 e. The Morgan fingerprint density at radius 1 is 1.45 bits per heavy atom. The average molecular weight is 288 g/mol. The van der Waals surface area contributed by atoms with Gasteiger partial charge in [0.15, 0.2) is 0 Å². The van der Waals surface area contributed by atoms with Gasteiger partial charge in [-0.05, 0) is 30.9 Å². The predicted octanol–water partition coefficient (Wildman–Crippen LogP) is 1.94. The van der Waals surface area contributed by atoms with Crippen LogP contribution in [-0.4, -0.2) is 40.6 Å². The van der Waals surface area contributed by atoms with Crippen molar-refractivity contribution in [1.82, 2.24) is 9.88 Å². The van der Waals surface area contributed by atoms with E-state index in [1.54, 1.807) is 7.05 Å². The first-order chi connectivity index (χ1) is 9.27. The molecule has 2 rings (SSSR count). The van der Waals surface area contributed by atoms with Crippen molar-refractivity contribution in [1.29, 1.82) is 0 Å². The maximum atomic E-state index is 12.4. The van der Waals surface area contributed by atoms with E-state index in [0.717, 1.165) is 18.3 Å². The summed E-state index contributed by atoms with van der Waals surface area (Å²) < 4.78 is 37.1. The van der Waals surface area contributed by atoms with Gasteiger partial charge in [0.1, 0.15) is 5.69 Å². The fourth-order valence-corrected chi connectivity index (χ4v) is 2.23. The molecule has 1 heterocycles. The highest BCUT2D eigenvalue weighted by molar-refractivity contribution is 5.93. The van der Waals surface area contributed by atoms with Crippen molar-refractivity contribution in [2.75, 3.05) is 13.6 Å². The van der Waals surface area contributed by atoms with E-state index in [1.807, 2.05) is 0 Å². The smallest absolute Gasteiger partial charge is 0.393 e. The van der Waals surface area contributed by atoms with Gasteiger partial charge in [-0.1, -0.05) is 0 Å². The Bertz CT molecular complexity index is 481. The summed E-state index contributed by atoms with van der Waals surface area (Å²) in [5.74, 6) is -0.117. The van der Waals surface area contributed by atoms with Gasteiger partial charge in [0.25, 0.3) is 5.91 Å². The van der Waals surface area contributed by atoms with Crippen molar-refractivity contribution in [3.05, 3.63) is 29.6 Å². The normalized spacial score (nSPS) is 22.2. The van der Waals surface area contributed by atoms with E-state index in [0.29, 0.717) is 19.4 Å². The van der Waals surface area contributed by atoms with Crippen molar-refractivity contribution in [2.24, 2.45) is 5.92 Å². The first-order valence-electron chi connectivity index (χ1n) is 6.24. The van der Waals surface area contributed by atoms with Crippen LogP contribution < -0.4 is 0 Å². The number of halogens is 3. The third kappa shape index (κ3) is 3.27. The molecule has 0 aromatic carbocycles. The molecule has 0 saturated heterocycles. The van der Waals surface area contributed by atoms with Crippen molar-refractivity contribution >= 4 is 5.91 Å². The van der Waals surface area contributed by atoms with Crippen molar-refractivity contribution in [2.45, 2.75) is 25.1 Å². The third-order valence-electron chi connectivity index (χ3n) is 3.39. The molecule has 1 fully saturated rings. The Morgan fingerprint density at radius 3 is 2.55 bits per heavy atom. The van der Waals surface area contributed by atoms with Gasteiger partial charge in [-0.3, -0.25) is 9.78 Å². The maximum absolute atomic E-state index is 12.4. The number of pyridine rings is 1. The zero-order valence-corrected chi connectivity index (χ0v) is 10.9. The minimum Gasteiger partial charge on any atom is -0.393 e. The second kappa shape index (κ2) is 5.40. The molecule has 1 aliphatic carbocycles. The van der Waals surface area contributed by atoms with Gasteiger partial charge in [-0.15, -0.1) is 0 Å². The number of amides is 1. The minimum absolute atomic E-state index is 0.125. The van der Waals surface area contributed by atoms with E-state index < -0.39 is 11.9 Å². The van der Waals surface area contributed by atoms with Crippen LogP contribution in [0.4, 0.5) is 13.2 Å². The highest BCUT2D eigenvalue weighted by Gasteiger charge is 2.33. The number of aliphatic hydroxyl groups excluding tert-OH is 1. The number of aliphatic hydroxyl groups is 1.